The average molecular weight is 336 g/mol. The second kappa shape index (κ2) is 7.78. The zero-order valence-electron chi connectivity index (χ0n) is 12.8. The maximum atomic E-state index is 12.4. The van der Waals surface area contributed by atoms with E-state index >= 15 is 0 Å². The van der Waals surface area contributed by atoms with Crippen LogP contribution in [0.1, 0.15) is 17.7 Å². The molecule has 0 fully saturated rings. The van der Waals surface area contributed by atoms with Crippen LogP contribution in [-0.4, -0.2) is 38.2 Å². The van der Waals surface area contributed by atoms with E-state index in [1.165, 1.54) is 4.90 Å². The van der Waals surface area contributed by atoms with Crippen molar-refractivity contribution in [3.8, 4) is 0 Å². The van der Waals surface area contributed by atoms with Crippen molar-refractivity contribution in [2.45, 2.75) is 19.4 Å². The number of carboxylic acid groups (broad SMARTS) is 1. The number of benzene rings is 1. The van der Waals surface area contributed by atoms with Gasteiger partial charge in [-0.15, -0.1) is 0 Å². The molecule has 0 saturated heterocycles. The van der Waals surface area contributed by atoms with Gasteiger partial charge in [-0.25, -0.2) is 0 Å². The third-order valence-electron chi connectivity index (χ3n) is 3.48. The number of aryl methyl sites for hydroxylation is 2. The highest BCUT2D eigenvalue weighted by molar-refractivity contribution is 6.30. The van der Waals surface area contributed by atoms with Crippen LogP contribution in [0.3, 0.4) is 0 Å². The van der Waals surface area contributed by atoms with E-state index in [-0.39, 0.29) is 25.4 Å². The number of amides is 1. The number of hydrogen-bond acceptors (Lipinski definition) is 3. The monoisotopic (exact) mass is 335 g/mol. The van der Waals surface area contributed by atoms with Crippen molar-refractivity contribution < 1.29 is 14.7 Å². The minimum atomic E-state index is -1.03. The molecule has 2 aromatic rings. The fraction of sp³-hybridized carbons (Fsp3) is 0.312. The Morgan fingerprint density at radius 3 is 2.52 bits per heavy atom. The first-order valence-corrected chi connectivity index (χ1v) is 7.54. The van der Waals surface area contributed by atoms with Gasteiger partial charge in [0.2, 0.25) is 5.91 Å². The summed E-state index contributed by atoms with van der Waals surface area (Å²) in [5.74, 6) is -1.24. The number of nitrogens with zero attached hydrogens (tertiary/aromatic N) is 3. The van der Waals surface area contributed by atoms with Crippen molar-refractivity contribution in [3.05, 3.63) is 52.8 Å². The van der Waals surface area contributed by atoms with Gasteiger partial charge in [-0.3, -0.25) is 14.3 Å². The van der Waals surface area contributed by atoms with Crippen LogP contribution >= 0.6 is 11.6 Å². The van der Waals surface area contributed by atoms with E-state index in [1.54, 1.807) is 35.1 Å². The van der Waals surface area contributed by atoms with Gasteiger partial charge in [0.15, 0.2) is 0 Å². The summed E-state index contributed by atoms with van der Waals surface area (Å²) in [6.45, 7) is -0.0828. The largest absolute Gasteiger partial charge is 0.480 e. The molecule has 122 valence electrons. The number of rotatable bonds is 7. The Morgan fingerprint density at radius 2 is 1.96 bits per heavy atom. The topological polar surface area (TPSA) is 75.4 Å². The number of aliphatic carboxylic acids is 1. The van der Waals surface area contributed by atoms with Crippen LogP contribution < -0.4 is 0 Å². The minimum Gasteiger partial charge on any atom is -0.480 e. The number of halogens is 1. The highest BCUT2D eigenvalue weighted by Crippen LogP contribution is 2.13. The van der Waals surface area contributed by atoms with Crippen molar-refractivity contribution >= 4 is 23.5 Å². The summed E-state index contributed by atoms with van der Waals surface area (Å²) in [4.78, 5) is 24.7. The average Bonchev–Trinajstić information content (AvgIpc) is 2.91. The molecule has 7 heteroatoms. The number of hydrogen-bond donors (Lipinski definition) is 1. The first-order valence-electron chi connectivity index (χ1n) is 7.16. The molecule has 2 rings (SSSR count). The van der Waals surface area contributed by atoms with E-state index in [4.69, 9.17) is 16.7 Å². The lowest BCUT2D eigenvalue weighted by Gasteiger charge is -2.21. The number of carbonyl (C=O) groups excluding carboxylic acids is 1. The van der Waals surface area contributed by atoms with Gasteiger partial charge < -0.3 is 10.0 Å². The minimum absolute atomic E-state index is 0.205. The van der Waals surface area contributed by atoms with E-state index in [0.29, 0.717) is 11.4 Å². The molecule has 1 amide bonds. The molecule has 0 atom stereocenters. The molecule has 0 aliphatic rings. The summed E-state index contributed by atoms with van der Waals surface area (Å²) in [5, 5.41) is 13.7. The van der Waals surface area contributed by atoms with E-state index in [9.17, 15) is 9.59 Å². The van der Waals surface area contributed by atoms with E-state index in [1.807, 2.05) is 13.1 Å². The lowest BCUT2D eigenvalue weighted by Crippen LogP contribution is -2.35. The maximum Gasteiger partial charge on any atom is 0.323 e. The zero-order valence-corrected chi connectivity index (χ0v) is 13.5. The molecule has 6 nitrogen and oxygen atoms in total. The highest BCUT2D eigenvalue weighted by atomic mass is 35.5. The van der Waals surface area contributed by atoms with E-state index < -0.39 is 5.97 Å². The summed E-state index contributed by atoms with van der Waals surface area (Å²) < 4.78 is 1.70. The van der Waals surface area contributed by atoms with Crippen molar-refractivity contribution in [1.29, 1.82) is 0 Å². The van der Waals surface area contributed by atoms with Gasteiger partial charge in [0.25, 0.3) is 0 Å². The van der Waals surface area contributed by atoms with Gasteiger partial charge in [-0.05, 0) is 30.2 Å². The first-order chi connectivity index (χ1) is 11.0. The van der Waals surface area contributed by atoms with Crippen molar-refractivity contribution in [2.75, 3.05) is 6.54 Å². The molecule has 1 aromatic carbocycles. The molecule has 23 heavy (non-hydrogen) atoms. The van der Waals surface area contributed by atoms with Gasteiger partial charge in [0, 0.05) is 36.9 Å². The molecule has 0 spiro atoms. The normalized spacial score (nSPS) is 10.5. The Bertz CT molecular complexity index is 682. The molecule has 0 saturated carbocycles. The maximum absolute atomic E-state index is 12.4. The van der Waals surface area contributed by atoms with Crippen LogP contribution in [0.15, 0.2) is 36.5 Å². The van der Waals surface area contributed by atoms with Crippen LogP contribution in [0.4, 0.5) is 0 Å². The van der Waals surface area contributed by atoms with Gasteiger partial charge in [0.1, 0.15) is 6.54 Å². The van der Waals surface area contributed by atoms with Crippen LogP contribution in [0.2, 0.25) is 5.02 Å². The summed E-state index contributed by atoms with van der Waals surface area (Å²) in [6.07, 6.45) is 2.43. The zero-order chi connectivity index (χ0) is 16.8. The molecule has 1 N–H and O–H groups in total. The molecule has 0 bridgehead atoms. The van der Waals surface area contributed by atoms with Gasteiger partial charge in [0.05, 0.1) is 0 Å². The highest BCUT2D eigenvalue weighted by Gasteiger charge is 2.17. The van der Waals surface area contributed by atoms with Crippen molar-refractivity contribution in [3.63, 3.8) is 0 Å². The number of aromatic nitrogens is 2. The van der Waals surface area contributed by atoms with E-state index in [0.717, 1.165) is 11.3 Å². The lowest BCUT2D eigenvalue weighted by atomic mass is 10.1. The molecular weight excluding hydrogens is 318 g/mol. The fourth-order valence-electron chi connectivity index (χ4n) is 2.25. The second-order valence-corrected chi connectivity index (χ2v) is 5.65. The first kappa shape index (κ1) is 17.0. The molecular formula is C16H18ClN3O3. The van der Waals surface area contributed by atoms with Crippen LogP contribution in [0, 0.1) is 0 Å². The summed E-state index contributed by atoms with van der Waals surface area (Å²) >= 11 is 5.83. The Labute approximate surface area is 139 Å². The standard InChI is InChI=1S/C16H18ClN3O3/c1-19-14(8-9-18-19)6-7-15(21)20(11-16(22)23)10-12-2-4-13(17)5-3-12/h2-5,8-9H,6-7,10-11H2,1H3,(H,22,23). The second-order valence-electron chi connectivity index (χ2n) is 5.22. The Morgan fingerprint density at radius 1 is 1.26 bits per heavy atom. The lowest BCUT2D eigenvalue weighted by molar-refractivity contribution is -0.144. The quantitative estimate of drug-likeness (QED) is 0.841. The molecule has 0 unspecified atom stereocenters. The third-order valence-corrected chi connectivity index (χ3v) is 3.73. The van der Waals surface area contributed by atoms with Crippen molar-refractivity contribution in [2.24, 2.45) is 7.05 Å². The predicted molar refractivity (Wildman–Crippen MR) is 86.0 cm³/mol. The number of carbonyl (C=O) groups is 2. The van der Waals surface area contributed by atoms with Crippen LogP contribution in [0.5, 0.6) is 0 Å². The Kier molecular flexibility index (Phi) is 5.76. The third kappa shape index (κ3) is 5.10. The van der Waals surface area contributed by atoms with Gasteiger partial charge >= 0.3 is 5.97 Å². The summed E-state index contributed by atoms with van der Waals surface area (Å²) in [5.41, 5.74) is 1.77. The Hall–Kier alpha value is -2.34. The summed E-state index contributed by atoms with van der Waals surface area (Å²) in [7, 11) is 1.81. The number of carboxylic acids is 1. The van der Waals surface area contributed by atoms with Gasteiger partial charge in [-0.1, -0.05) is 23.7 Å². The molecule has 0 radical (unpaired) electrons. The molecule has 1 heterocycles. The van der Waals surface area contributed by atoms with Crippen LogP contribution in [-0.2, 0) is 29.6 Å². The summed E-state index contributed by atoms with van der Waals surface area (Å²) in [6, 6.07) is 8.84. The Balaban J connectivity index is 2.01. The predicted octanol–water partition coefficient (Wildman–Crippen LogP) is 2.12. The molecule has 0 aliphatic carbocycles. The smallest absolute Gasteiger partial charge is 0.323 e. The molecule has 0 aliphatic heterocycles. The van der Waals surface area contributed by atoms with Gasteiger partial charge in [-0.2, -0.15) is 5.10 Å². The van der Waals surface area contributed by atoms with Crippen LogP contribution in [0.25, 0.3) is 0 Å². The van der Waals surface area contributed by atoms with E-state index in [2.05, 4.69) is 5.10 Å². The SMILES string of the molecule is Cn1nccc1CCC(=O)N(CC(=O)O)Cc1ccc(Cl)cc1. The van der Waals surface area contributed by atoms with Crippen molar-refractivity contribution in [1.82, 2.24) is 14.7 Å². The fourth-order valence-corrected chi connectivity index (χ4v) is 2.37. The molecule has 1 aromatic heterocycles.